The van der Waals surface area contributed by atoms with Crippen molar-refractivity contribution < 1.29 is 5.11 Å². The molecule has 0 radical (unpaired) electrons. The number of aromatic nitrogens is 2. The van der Waals surface area contributed by atoms with Crippen molar-refractivity contribution in [3.05, 3.63) is 18.3 Å². The number of hydrogen-bond acceptors (Lipinski definition) is 4. The second-order valence-electron chi connectivity index (χ2n) is 4.17. The molecule has 5 heteroatoms. The SMILES string of the molecule is CCC(O)CCNc1cc2[nH]ncc2cc1N. The number of aromatic amines is 1. The van der Waals surface area contributed by atoms with Crippen LogP contribution in [0.4, 0.5) is 11.4 Å². The van der Waals surface area contributed by atoms with Gasteiger partial charge in [-0.3, -0.25) is 5.10 Å². The maximum absolute atomic E-state index is 9.46. The van der Waals surface area contributed by atoms with Crippen LogP contribution in [-0.2, 0) is 0 Å². The van der Waals surface area contributed by atoms with Gasteiger partial charge in [-0.15, -0.1) is 0 Å². The Labute approximate surface area is 100 Å². The van der Waals surface area contributed by atoms with Crippen LogP contribution in [-0.4, -0.2) is 28.0 Å². The van der Waals surface area contributed by atoms with Gasteiger partial charge in [0.05, 0.1) is 29.2 Å². The largest absolute Gasteiger partial charge is 0.397 e. The molecule has 2 aromatic rings. The van der Waals surface area contributed by atoms with E-state index in [0.717, 1.165) is 29.4 Å². The first-order valence-electron chi connectivity index (χ1n) is 5.85. The van der Waals surface area contributed by atoms with Gasteiger partial charge in [-0.05, 0) is 25.0 Å². The summed E-state index contributed by atoms with van der Waals surface area (Å²) in [5.41, 5.74) is 8.46. The third-order valence-corrected chi connectivity index (χ3v) is 2.87. The smallest absolute Gasteiger partial charge is 0.0672 e. The number of rotatable bonds is 5. The van der Waals surface area contributed by atoms with Crippen molar-refractivity contribution in [3.63, 3.8) is 0 Å². The van der Waals surface area contributed by atoms with E-state index in [1.807, 2.05) is 19.1 Å². The number of nitrogens with one attached hydrogen (secondary N) is 2. The highest BCUT2D eigenvalue weighted by molar-refractivity contribution is 5.88. The molecule has 0 aliphatic carbocycles. The fourth-order valence-electron chi connectivity index (χ4n) is 1.74. The molecule has 1 aromatic carbocycles. The standard InChI is InChI=1S/C12H18N4O/c1-2-9(17)3-4-14-12-6-11-8(5-10(12)13)7-15-16-11/h5-7,9,14,17H,2-4,13H2,1H3,(H,15,16). The molecule has 1 heterocycles. The maximum atomic E-state index is 9.46. The topological polar surface area (TPSA) is 87.0 Å². The molecule has 0 saturated carbocycles. The van der Waals surface area contributed by atoms with Gasteiger partial charge >= 0.3 is 0 Å². The predicted octanol–water partition coefficient (Wildman–Crippen LogP) is 1.72. The maximum Gasteiger partial charge on any atom is 0.0672 e. The van der Waals surface area contributed by atoms with Gasteiger partial charge in [-0.2, -0.15) is 5.10 Å². The van der Waals surface area contributed by atoms with E-state index in [1.54, 1.807) is 6.20 Å². The molecular formula is C12H18N4O. The summed E-state index contributed by atoms with van der Waals surface area (Å²) in [6.07, 6.45) is 2.99. The highest BCUT2D eigenvalue weighted by atomic mass is 16.3. The van der Waals surface area contributed by atoms with E-state index >= 15 is 0 Å². The van der Waals surface area contributed by atoms with Crippen molar-refractivity contribution in [2.45, 2.75) is 25.9 Å². The number of H-pyrrole nitrogens is 1. The number of nitrogen functional groups attached to an aromatic ring is 1. The van der Waals surface area contributed by atoms with Crippen molar-refractivity contribution in [2.75, 3.05) is 17.6 Å². The number of aliphatic hydroxyl groups is 1. The Morgan fingerprint density at radius 1 is 1.53 bits per heavy atom. The molecule has 0 fully saturated rings. The number of nitrogens with zero attached hydrogens (tertiary/aromatic N) is 1. The Balaban J connectivity index is 2.04. The second-order valence-corrected chi connectivity index (χ2v) is 4.17. The zero-order chi connectivity index (χ0) is 12.3. The molecular weight excluding hydrogens is 216 g/mol. The van der Waals surface area contributed by atoms with Crippen molar-refractivity contribution in [2.24, 2.45) is 0 Å². The molecule has 0 aliphatic rings. The average Bonchev–Trinajstić information content (AvgIpc) is 2.76. The summed E-state index contributed by atoms with van der Waals surface area (Å²) in [5, 5.41) is 20.5. The Morgan fingerprint density at radius 3 is 3.12 bits per heavy atom. The molecule has 0 bridgehead atoms. The molecule has 0 spiro atoms. The molecule has 1 unspecified atom stereocenters. The van der Waals surface area contributed by atoms with E-state index in [-0.39, 0.29) is 6.10 Å². The van der Waals surface area contributed by atoms with Crippen LogP contribution >= 0.6 is 0 Å². The molecule has 0 saturated heterocycles. The predicted molar refractivity (Wildman–Crippen MR) is 69.9 cm³/mol. The molecule has 0 aliphatic heterocycles. The van der Waals surface area contributed by atoms with Gasteiger partial charge in [-0.1, -0.05) is 6.92 Å². The fraction of sp³-hybridized carbons (Fsp3) is 0.417. The summed E-state index contributed by atoms with van der Waals surface area (Å²) in [4.78, 5) is 0. The highest BCUT2D eigenvalue weighted by Crippen LogP contribution is 2.24. The Kier molecular flexibility index (Phi) is 3.49. The van der Waals surface area contributed by atoms with Gasteiger partial charge in [-0.25, -0.2) is 0 Å². The van der Waals surface area contributed by atoms with E-state index in [1.165, 1.54) is 0 Å². The summed E-state index contributed by atoms with van der Waals surface area (Å²) in [6.45, 7) is 2.68. The summed E-state index contributed by atoms with van der Waals surface area (Å²) in [5.74, 6) is 0. The third-order valence-electron chi connectivity index (χ3n) is 2.87. The summed E-state index contributed by atoms with van der Waals surface area (Å²) in [7, 11) is 0. The lowest BCUT2D eigenvalue weighted by Gasteiger charge is -2.11. The van der Waals surface area contributed by atoms with E-state index < -0.39 is 0 Å². The third kappa shape index (κ3) is 2.68. The lowest BCUT2D eigenvalue weighted by Crippen LogP contribution is -2.12. The van der Waals surface area contributed by atoms with Crippen LogP contribution in [0, 0.1) is 0 Å². The summed E-state index contributed by atoms with van der Waals surface area (Å²) < 4.78 is 0. The van der Waals surface area contributed by atoms with Crippen LogP contribution in [0.3, 0.4) is 0 Å². The van der Waals surface area contributed by atoms with Crippen LogP contribution in [0.5, 0.6) is 0 Å². The minimum Gasteiger partial charge on any atom is -0.397 e. The van der Waals surface area contributed by atoms with Gasteiger partial charge in [0, 0.05) is 11.9 Å². The first-order chi connectivity index (χ1) is 8.20. The van der Waals surface area contributed by atoms with Crippen molar-refractivity contribution >= 4 is 22.3 Å². The van der Waals surface area contributed by atoms with Crippen molar-refractivity contribution in [1.82, 2.24) is 10.2 Å². The zero-order valence-corrected chi connectivity index (χ0v) is 9.90. The molecule has 17 heavy (non-hydrogen) atoms. The fourth-order valence-corrected chi connectivity index (χ4v) is 1.74. The van der Waals surface area contributed by atoms with Crippen LogP contribution in [0.15, 0.2) is 18.3 Å². The lowest BCUT2D eigenvalue weighted by atomic mass is 10.2. The van der Waals surface area contributed by atoms with Crippen LogP contribution < -0.4 is 11.1 Å². The van der Waals surface area contributed by atoms with E-state index in [4.69, 9.17) is 5.73 Å². The number of benzene rings is 1. The molecule has 5 nitrogen and oxygen atoms in total. The molecule has 2 rings (SSSR count). The lowest BCUT2D eigenvalue weighted by molar-refractivity contribution is 0.164. The Bertz CT molecular complexity index is 494. The molecule has 92 valence electrons. The number of anilines is 2. The number of hydrogen-bond donors (Lipinski definition) is 4. The average molecular weight is 234 g/mol. The Hall–Kier alpha value is -1.75. The summed E-state index contributed by atoms with van der Waals surface area (Å²) in [6, 6.07) is 3.83. The highest BCUT2D eigenvalue weighted by Gasteiger charge is 2.04. The zero-order valence-electron chi connectivity index (χ0n) is 9.90. The second kappa shape index (κ2) is 5.05. The first kappa shape index (κ1) is 11.7. The van der Waals surface area contributed by atoms with Gasteiger partial charge in [0.2, 0.25) is 0 Å². The van der Waals surface area contributed by atoms with Crippen molar-refractivity contribution in [3.8, 4) is 0 Å². The van der Waals surface area contributed by atoms with Crippen molar-refractivity contribution in [1.29, 1.82) is 0 Å². The number of aliphatic hydroxyl groups excluding tert-OH is 1. The molecule has 0 amide bonds. The van der Waals surface area contributed by atoms with E-state index in [2.05, 4.69) is 15.5 Å². The monoisotopic (exact) mass is 234 g/mol. The van der Waals surface area contributed by atoms with Crippen LogP contribution in [0.25, 0.3) is 10.9 Å². The van der Waals surface area contributed by atoms with Gasteiger partial charge < -0.3 is 16.2 Å². The van der Waals surface area contributed by atoms with Gasteiger partial charge in [0.15, 0.2) is 0 Å². The minimum absolute atomic E-state index is 0.250. The van der Waals surface area contributed by atoms with Crippen LogP contribution in [0.2, 0.25) is 0 Å². The minimum atomic E-state index is -0.250. The quantitative estimate of drug-likeness (QED) is 0.593. The Morgan fingerprint density at radius 2 is 2.35 bits per heavy atom. The van der Waals surface area contributed by atoms with Gasteiger partial charge in [0.1, 0.15) is 0 Å². The summed E-state index contributed by atoms with van der Waals surface area (Å²) >= 11 is 0. The van der Waals surface area contributed by atoms with E-state index in [9.17, 15) is 5.11 Å². The molecule has 1 aromatic heterocycles. The number of fused-ring (bicyclic) bond motifs is 1. The van der Waals surface area contributed by atoms with Gasteiger partial charge in [0.25, 0.3) is 0 Å². The van der Waals surface area contributed by atoms with Crippen LogP contribution in [0.1, 0.15) is 19.8 Å². The van der Waals surface area contributed by atoms with E-state index in [0.29, 0.717) is 12.2 Å². The normalized spacial score (nSPS) is 12.8. The molecule has 1 atom stereocenters. The number of nitrogens with two attached hydrogens (primary N) is 1. The molecule has 5 N–H and O–H groups in total. The first-order valence-corrected chi connectivity index (χ1v) is 5.85.